The van der Waals surface area contributed by atoms with E-state index in [1.165, 1.54) is 16.4 Å². The Balaban J connectivity index is 2.17. The summed E-state index contributed by atoms with van der Waals surface area (Å²) in [6.45, 7) is 4.40. The van der Waals surface area contributed by atoms with Crippen LogP contribution in [-0.4, -0.2) is 31.7 Å². The van der Waals surface area contributed by atoms with Crippen molar-refractivity contribution >= 4 is 33.2 Å². The number of amides is 1. The molecule has 24 heavy (non-hydrogen) atoms. The normalized spacial score (nSPS) is 11.5. The SMILES string of the molecule is CCN(CC)S(=O)(=O)c1ccc(NC(=O)c2cccc(Cl)c2)cc1. The van der Waals surface area contributed by atoms with Gasteiger partial charge in [0.05, 0.1) is 4.90 Å². The van der Waals surface area contributed by atoms with Crippen molar-refractivity contribution in [1.82, 2.24) is 4.31 Å². The zero-order valence-corrected chi connectivity index (χ0v) is 15.1. The summed E-state index contributed by atoms with van der Waals surface area (Å²) in [6.07, 6.45) is 0. The van der Waals surface area contributed by atoms with Crippen LogP contribution in [0, 0.1) is 0 Å². The maximum atomic E-state index is 12.4. The van der Waals surface area contributed by atoms with Crippen LogP contribution in [0.1, 0.15) is 24.2 Å². The van der Waals surface area contributed by atoms with Crippen LogP contribution in [0.25, 0.3) is 0 Å². The van der Waals surface area contributed by atoms with Crippen molar-refractivity contribution in [2.24, 2.45) is 0 Å². The number of hydrogen-bond acceptors (Lipinski definition) is 3. The highest BCUT2D eigenvalue weighted by atomic mass is 35.5. The first-order valence-electron chi connectivity index (χ1n) is 7.55. The van der Waals surface area contributed by atoms with Crippen LogP contribution in [0.3, 0.4) is 0 Å². The molecule has 1 amide bonds. The lowest BCUT2D eigenvalue weighted by Gasteiger charge is -2.18. The molecule has 0 saturated heterocycles. The minimum Gasteiger partial charge on any atom is -0.322 e. The molecule has 128 valence electrons. The number of nitrogens with zero attached hydrogens (tertiary/aromatic N) is 1. The predicted molar refractivity (Wildman–Crippen MR) is 96.0 cm³/mol. The Bertz CT molecular complexity index is 816. The first-order valence-corrected chi connectivity index (χ1v) is 9.37. The van der Waals surface area contributed by atoms with Gasteiger partial charge in [0.1, 0.15) is 0 Å². The summed E-state index contributed by atoms with van der Waals surface area (Å²) >= 11 is 5.87. The molecule has 0 fully saturated rings. The summed E-state index contributed by atoms with van der Waals surface area (Å²) in [5.41, 5.74) is 0.945. The van der Waals surface area contributed by atoms with Gasteiger partial charge in [-0.1, -0.05) is 31.5 Å². The summed E-state index contributed by atoms with van der Waals surface area (Å²) in [5, 5.41) is 3.19. The smallest absolute Gasteiger partial charge is 0.255 e. The number of sulfonamides is 1. The maximum absolute atomic E-state index is 12.4. The van der Waals surface area contributed by atoms with Crippen LogP contribution in [0.4, 0.5) is 5.69 Å². The zero-order valence-electron chi connectivity index (χ0n) is 13.5. The van der Waals surface area contributed by atoms with E-state index in [4.69, 9.17) is 11.6 Å². The van der Waals surface area contributed by atoms with Crippen molar-refractivity contribution in [3.8, 4) is 0 Å². The van der Waals surface area contributed by atoms with Gasteiger partial charge in [0.15, 0.2) is 0 Å². The molecule has 2 aromatic carbocycles. The zero-order chi connectivity index (χ0) is 17.7. The molecule has 0 aliphatic carbocycles. The molecule has 5 nitrogen and oxygen atoms in total. The number of halogens is 1. The second-order valence-electron chi connectivity index (χ2n) is 5.08. The van der Waals surface area contributed by atoms with E-state index in [0.29, 0.717) is 29.4 Å². The Morgan fingerprint density at radius 1 is 1.08 bits per heavy atom. The van der Waals surface area contributed by atoms with Gasteiger partial charge in [0.2, 0.25) is 10.0 Å². The Morgan fingerprint density at radius 2 is 1.71 bits per heavy atom. The maximum Gasteiger partial charge on any atom is 0.255 e. The molecule has 0 atom stereocenters. The van der Waals surface area contributed by atoms with Crippen LogP contribution >= 0.6 is 11.6 Å². The summed E-state index contributed by atoms with van der Waals surface area (Å²) in [4.78, 5) is 12.4. The lowest BCUT2D eigenvalue weighted by Crippen LogP contribution is -2.30. The van der Waals surface area contributed by atoms with E-state index in [1.807, 2.05) is 0 Å². The van der Waals surface area contributed by atoms with Crippen LogP contribution < -0.4 is 5.32 Å². The third kappa shape index (κ3) is 4.14. The van der Waals surface area contributed by atoms with E-state index in [-0.39, 0.29) is 10.8 Å². The number of hydrogen-bond donors (Lipinski definition) is 1. The van der Waals surface area contributed by atoms with Crippen molar-refractivity contribution in [2.45, 2.75) is 18.7 Å². The van der Waals surface area contributed by atoms with Crippen molar-refractivity contribution < 1.29 is 13.2 Å². The molecule has 0 bridgehead atoms. The lowest BCUT2D eigenvalue weighted by atomic mass is 10.2. The third-order valence-electron chi connectivity index (χ3n) is 3.54. The lowest BCUT2D eigenvalue weighted by molar-refractivity contribution is 0.102. The van der Waals surface area contributed by atoms with Crippen molar-refractivity contribution in [2.75, 3.05) is 18.4 Å². The van der Waals surface area contributed by atoms with Gasteiger partial charge in [-0.25, -0.2) is 8.42 Å². The molecule has 0 heterocycles. The van der Waals surface area contributed by atoms with Crippen LogP contribution in [-0.2, 0) is 10.0 Å². The van der Waals surface area contributed by atoms with Gasteiger partial charge >= 0.3 is 0 Å². The van der Waals surface area contributed by atoms with E-state index in [9.17, 15) is 13.2 Å². The van der Waals surface area contributed by atoms with E-state index in [0.717, 1.165) is 0 Å². The topological polar surface area (TPSA) is 66.5 Å². The number of carbonyl (C=O) groups excluding carboxylic acids is 1. The summed E-state index contributed by atoms with van der Waals surface area (Å²) in [5.74, 6) is -0.308. The fourth-order valence-electron chi connectivity index (χ4n) is 2.26. The first-order chi connectivity index (χ1) is 11.4. The van der Waals surface area contributed by atoms with Crippen LogP contribution in [0.15, 0.2) is 53.4 Å². The quantitative estimate of drug-likeness (QED) is 0.849. The molecule has 2 rings (SSSR count). The molecule has 2 aromatic rings. The summed E-state index contributed by atoms with van der Waals surface area (Å²) in [7, 11) is -3.50. The molecule has 0 aromatic heterocycles. The molecule has 0 aliphatic heterocycles. The van der Waals surface area contributed by atoms with Gasteiger partial charge in [-0.3, -0.25) is 4.79 Å². The second kappa shape index (κ2) is 7.79. The number of rotatable bonds is 6. The standard InChI is InChI=1S/C17H19ClN2O3S/c1-3-20(4-2)24(22,23)16-10-8-15(9-11-16)19-17(21)13-6-5-7-14(18)12-13/h5-12H,3-4H2,1-2H3,(H,19,21). The second-order valence-corrected chi connectivity index (χ2v) is 7.45. The predicted octanol–water partition coefficient (Wildman–Crippen LogP) is 3.62. The fourth-order valence-corrected chi connectivity index (χ4v) is 3.90. The Morgan fingerprint density at radius 3 is 2.25 bits per heavy atom. The molecule has 0 aliphatic rings. The molecule has 0 unspecified atom stereocenters. The number of benzene rings is 2. The van der Waals surface area contributed by atoms with Gasteiger partial charge < -0.3 is 5.32 Å². The number of anilines is 1. The van der Waals surface area contributed by atoms with Gasteiger partial charge in [0, 0.05) is 29.4 Å². The molecule has 1 N–H and O–H groups in total. The van der Waals surface area contributed by atoms with E-state index >= 15 is 0 Å². The molecule has 0 spiro atoms. The summed E-state index contributed by atoms with van der Waals surface area (Å²) < 4.78 is 26.2. The first kappa shape index (κ1) is 18.4. The summed E-state index contributed by atoms with van der Waals surface area (Å²) in [6, 6.07) is 12.7. The largest absolute Gasteiger partial charge is 0.322 e. The Hall–Kier alpha value is -1.89. The highest BCUT2D eigenvalue weighted by Crippen LogP contribution is 2.19. The van der Waals surface area contributed by atoms with Gasteiger partial charge in [-0.05, 0) is 42.5 Å². The van der Waals surface area contributed by atoms with Gasteiger partial charge in [0.25, 0.3) is 5.91 Å². The molecule has 0 saturated carbocycles. The number of carbonyl (C=O) groups is 1. The van der Waals surface area contributed by atoms with Gasteiger partial charge in [-0.2, -0.15) is 4.31 Å². The third-order valence-corrected chi connectivity index (χ3v) is 5.84. The molecular weight excluding hydrogens is 348 g/mol. The van der Waals surface area contributed by atoms with Gasteiger partial charge in [-0.15, -0.1) is 0 Å². The van der Waals surface area contributed by atoms with Crippen molar-refractivity contribution in [3.05, 3.63) is 59.1 Å². The average molecular weight is 367 g/mol. The highest BCUT2D eigenvalue weighted by Gasteiger charge is 2.21. The monoisotopic (exact) mass is 366 g/mol. The minimum absolute atomic E-state index is 0.201. The Labute approximate surface area is 147 Å². The molecular formula is C17H19ClN2O3S. The minimum atomic E-state index is -3.50. The fraction of sp³-hybridized carbons (Fsp3) is 0.235. The molecule has 7 heteroatoms. The van der Waals surface area contributed by atoms with Crippen molar-refractivity contribution in [3.63, 3.8) is 0 Å². The average Bonchev–Trinajstić information content (AvgIpc) is 2.56. The Kier molecular flexibility index (Phi) is 5.99. The molecule has 0 radical (unpaired) electrons. The van der Waals surface area contributed by atoms with E-state index in [1.54, 1.807) is 50.2 Å². The van der Waals surface area contributed by atoms with Crippen molar-refractivity contribution in [1.29, 1.82) is 0 Å². The van der Waals surface area contributed by atoms with Crippen LogP contribution in [0.5, 0.6) is 0 Å². The van der Waals surface area contributed by atoms with Crippen LogP contribution in [0.2, 0.25) is 5.02 Å². The van der Waals surface area contributed by atoms with E-state index < -0.39 is 10.0 Å². The highest BCUT2D eigenvalue weighted by molar-refractivity contribution is 7.89. The van der Waals surface area contributed by atoms with E-state index in [2.05, 4.69) is 5.32 Å². The number of nitrogens with one attached hydrogen (secondary N) is 1.